The molecule has 16 heavy (non-hydrogen) atoms. The monoisotopic (exact) mass is 219 g/mol. The quantitative estimate of drug-likeness (QED) is 0.803. The summed E-state index contributed by atoms with van der Waals surface area (Å²) in [7, 11) is 0. The van der Waals surface area contributed by atoms with E-state index < -0.39 is 5.97 Å². The van der Waals surface area contributed by atoms with Crippen molar-refractivity contribution >= 4 is 5.97 Å². The highest BCUT2D eigenvalue weighted by Crippen LogP contribution is 2.26. The van der Waals surface area contributed by atoms with E-state index in [0.29, 0.717) is 11.6 Å². The Kier molecular flexibility index (Phi) is 3.25. The first-order valence-corrected chi connectivity index (χ1v) is 5.73. The molecule has 1 saturated heterocycles. The molecule has 0 bridgehead atoms. The molecule has 2 N–H and O–H groups in total. The van der Waals surface area contributed by atoms with Gasteiger partial charge in [0.05, 0.1) is 5.56 Å². The molecule has 1 heterocycles. The Balaban J connectivity index is 2.11. The standard InChI is InChI=1S/C13H17NO2/c1-9-6-7-14-12(8-9)10-2-4-11(5-3-10)13(15)16/h2-5,9,12,14H,6-8H2,1H3,(H,15,16)/t9-,12+/m1/s1. The van der Waals surface area contributed by atoms with E-state index in [1.165, 1.54) is 12.0 Å². The maximum atomic E-state index is 10.7. The lowest BCUT2D eigenvalue weighted by Gasteiger charge is -2.28. The SMILES string of the molecule is C[C@@H]1CCN[C@H](c2ccc(C(=O)O)cc2)C1. The summed E-state index contributed by atoms with van der Waals surface area (Å²) in [6.07, 6.45) is 2.36. The molecule has 1 aliphatic heterocycles. The minimum absolute atomic E-state index is 0.354. The van der Waals surface area contributed by atoms with Gasteiger partial charge in [0.15, 0.2) is 0 Å². The van der Waals surface area contributed by atoms with E-state index >= 15 is 0 Å². The molecule has 3 heteroatoms. The van der Waals surface area contributed by atoms with Gasteiger partial charge < -0.3 is 10.4 Å². The van der Waals surface area contributed by atoms with Crippen LogP contribution >= 0.6 is 0 Å². The fourth-order valence-corrected chi connectivity index (χ4v) is 2.22. The van der Waals surface area contributed by atoms with E-state index in [4.69, 9.17) is 5.11 Å². The van der Waals surface area contributed by atoms with Crippen molar-refractivity contribution in [3.8, 4) is 0 Å². The van der Waals surface area contributed by atoms with Gasteiger partial charge in [-0.25, -0.2) is 4.79 Å². The highest BCUT2D eigenvalue weighted by Gasteiger charge is 2.19. The number of hydrogen-bond donors (Lipinski definition) is 2. The number of hydrogen-bond acceptors (Lipinski definition) is 2. The second-order valence-corrected chi connectivity index (χ2v) is 4.56. The number of carboxylic acids is 1. The van der Waals surface area contributed by atoms with Gasteiger partial charge in [0.25, 0.3) is 0 Å². The third-order valence-corrected chi connectivity index (χ3v) is 3.23. The highest BCUT2D eigenvalue weighted by atomic mass is 16.4. The molecule has 1 aromatic carbocycles. The van der Waals surface area contributed by atoms with E-state index in [9.17, 15) is 4.79 Å². The molecule has 1 fully saturated rings. The van der Waals surface area contributed by atoms with Gasteiger partial charge >= 0.3 is 5.97 Å². The van der Waals surface area contributed by atoms with Gasteiger partial charge in [-0.1, -0.05) is 19.1 Å². The normalized spacial score (nSPS) is 25.3. The van der Waals surface area contributed by atoms with Gasteiger partial charge in [0.2, 0.25) is 0 Å². The molecule has 0 amide bonds. The van der Waals surface area contributed by atoms with Gasteiger partial charge in [-0.15, -0.1) is 0 Å². The lowest BCUT2D eigenvalue weighted by atomic mass is 9.90. The number of benzene rings is 1. The van der Waals surface area contributed by atoms with Crippen molar-refractivity contribution in [1.29, 1.82) is 0 Å². The van der Waals surface area contributed by atoms with Gasteiger partial charge in [0.1, 0.15) is 0 Å². The molecular formula is C13H17NO2. The highest BCUT2D eigenvalue weighted by molar-refractivity contribution is 5.87. The molecule has 1 aromatic rings. The molecule has 0 saturated carbocycles. The van der Waals surface area contributed by atoms with Crippen LogP contribution in [0, 0.1) is 5.92 Å². The molecule has 0 aromatic heterocycles. The van der Waals surface area contributed by atoms with E-state index in [0.717, 1.165) is 18.9 Å². The molecule has 0 aliphatic carbocycles. The zero-order valence-corrected chi connectivity index (χ0v) is 9.44. The summed E-state index contributed by atoms with van der Waals surface area (Å²) >= 11 is 0. The van der Waals surface area contributed by atoms with Crippen LogP contribution in [0.4, 0.5) is 0 Å². The van der Waals surface area contributed by atoms with E-state index in [1.54, 1.807) is 12.1 Å². The first kappa shape index (κ1) is 11.1. The second kappa shape index (κ2) is 4.66. The van der Waals surface area contributed by atoms with Gasteiger partial charge in [-0.2, -0.15) is 0 Å². The lowest BCUT2D eigenvalue weighted by Crippen LogP contribution is -2.30. The Hall–Kier alpha value is -1.35. The number of aromatic carboxylic acids is 1. The smallest absolute Gasteiger partial charge is 0.335 e. The summed E-state index contributed by atoms with van der Waals surface area (Å²) in [5.41, 5.74) is 1.55. The minimum Gasteiger partial charge on any atom is -0.478 e. The van der Waals surface area contributed by atoms with Crippen molar-refractivity contribution in [2.75, 3.05) is 6.54 Å². The van der Waals surface area contributed by atoms with Crippen molar-refractivity contribution in [2.24, 2.45) is 5.92 Å². The summed E-state index contributed by atoms with van der Waals surface area (Å²) in [6.45, 7) is 3.31. The fourth-order valence-electron chi connectivity index (χ4n) is 2.22. The first-order valence-electron chi connectivity index (χ1n) is 5.73. The third kappa shape index (κ3) is 2.42. The predicted molar refractivity (Wildman–Crippen MR) is 62.5 cm³/mol. The third-order valence-electron chi connectivity index (χ3n) is 3.23. The Bertz CT molecular complexity index is 372. The van der Waals surface area contributed by atoms with Crippen molar-refractivity contribution < 1.29 is 9.90 Å². The molecule has 0 spiro atoms. The molecule has 0 unspecified atom stereocenters. The minimum atomic E-state index is -0.864. The van der Waals surface area contributed by atoms with Crippen LogP contribution in [0.3, 0.4) is 0 Å². The molecule has 3 nitrogen and oxygen atoms in total. The van der Waals surface area contributed by atoms with Crippen LogP contribution in [0.5, 0.6) is 0 Å². The number of carboxylic acid groups (broad SMARTS) is 1. The number of rotatable bonds is 2. The molecule has 2 atom stereocenters. The summed E-state index contributed by atoms with van der Waals surface area (Å²) < 4.78 is 0. The molecule has 0 radical (unpaired) electrons. The van der Waals surface area contributed by atoms with Crippen LogP contribution in [-0.2, 0) is 0 Å². The maximum Gasteiger partial charge on any atom is 0.335 e. The Morgan fingerprint density at radius 1 is 1.38 bits per heavy atom. The summed E-state index contributed by atoms with van der Waals surface area (Å²) in [5, 5.41) is 12.3. The van der Waals surface area contributed by atoms with Crippen molar-refractivity contribution in [1.82, 2.24) is 5.32 Å². The Labute approximate surface area is 95.5 Å². The van der Waals surface area contributed by atoms with Crippen LogP contribution in [0.25, 0.3) is 0 Å². The summed E-state index contributed by atoms with van der Waals surface area (Å²) in [6, 6.07) is 7.57. The van der Waals surface area contributed by atoms with E-state index in [1.807, 2.05) is 12.1 Å². The van der Waals surface area contributed by atoms with Crippen LogP contribution < -0.4 is 5.32 Å². The van der Waals surface area contributed by atoms with Crippen LogP contribution in [0.15, 0.2) is 24.3 Å². The van der Waals surface area contributed by atoms with Gasteiger partial charge in [-0.3, -0.25) is 0 Å². The molecule has 2 rings (SSSR count). The average molecular weight is 219 g/mol. The lowest BCUT2D eigenvalue weighted by molar-refractivity contribution is 0.0697. The number of carbonyl (C=O) groups is 1. The average Bonchev–Trinajstić information content (AvgIpc) is 2.29. The van der Waals surface area contributed by atoms with Crippen LogP contribution in [0.2, 0.25) is 0 Å². The van der Waals surface area contributed by atoms with Gasteiger partial charge in [0, 0.05) is 6.04 Å². The fraction of sp³-hybridized carbons (Fsp3) is 0.462. The Morgan fingerprint density at radius 2 is 2.06 bits per heavy atom. The summed E-state index contributed by atoms with van der Waals surface area (Å²) in [5.74, 6) is -0.123. The topological polar surface area (TPSA) is 49.3 Å². The molecule has 86 valence electrons. The maximum absolute atomic E-state index is 10.7. The van der Waals surface area contributed by atoms with Gasteiger partial charge in [-0.05, 0) is 43.0 Å². The van der Waals surface area contributed by atoms with Crippen molar-refractivity contribution in [3.63, 3.8) is 0 Å². The number of nitrogens with one attached hydrogen (secondary N) is 1. The van der Waals surface area contributed by atoms with Crippen molar-refractivity contribution in [3.05, 3.63) is 35.4 Å². The Morgan fingerprint density at radius 3 is 2.62 bits per heavy atom. The van der Waals surface area contributed by atoms with Crippen LogP contribution in [-0.4, -0.2) is 17.6 Å². The van der Waals surface area contributed by atoms with Crippen LogP contribution in [0.1, 0.15) is 41.7 Å². The first-order chi connectivity index (χ1) is 7.66. The molecule has 1 aliphatic rings. The zero-order chi connectivity index (χ0) is 11.5. The predicted octanol–water partition coefficient (Wildman–Crippen LogP) is 2.45. The van der Waals surface area contributed by atoms with E-state index in [-0.39, 0.29) is 0 Å². The zero-order valence-electron chi connectivity index (χ0n) is 9.44. The summed E-state index contributed by atoms with van der Waals surface area (Å²) in [4.78, 5) is 10.7. The second-order valence-electron chi connectivity index (χ2n) is 4.56. The van der Waals surface area contributed by atoms with Crippen molar-refractivity contribution in [2.45, 2.75) is 25.8 Å². The van der Waals surface area contributed by atoms with E-state index in [2.05, 4.69) is 12.2 Å². The largest absolute Gasteiger partial charge is 0.478 e. The molecular weight excluding hydrogens is 202 g/mol. The number of piperidine rings is 1.